The molecule has 0 saturated carbocycles. The number of carbonyl (C=O) groups is 1. The number of hydrogen-bond donors (Lipinski definition) is 0. The first-order chi connectivity index (χ1) is 8.27. The number of benzene rings is 1. The number of ether oxygens (including phenoxy) is 1. The van der Waals surface area contributed by atoms with Gasteiger partial charge in [0.05, 0.1) is 0 Å². The normalized spacial score (nSPS) is 10.2. The zero-order valence-corrected chi connectivity index (χ0v) is 10.8. The summed E-state index contributed by atoms with van der Waals surface area (Å²) < 4.78 is 5.13. The Bertz CT molecular complexity index is 329. The molecule has 0 bridgehead atoms. The maximum Gasteiger partial charge on any atom is 0.248 e. The van der Waals surface area contributed by atoms with E-state index in [0.29, 0.717) is 25.6 Å². The van der Waals surface area contributed by atoms with Gasteiger partial charge in [0.15, 0.2) is 0 Å². The quantitative estimate of drug-likeness (QED) is 0.700. The van der Waals surface area contributed by atoms with Crippen molar-refractivity contribution in [3.05, 3.63) is 35.9 Å². The third kappa shape index (κ3) is 5.20. The van der Waals surface area contributed by atoms with Crippen molar-refractivity contribution in [1.29, 1.82) is 0 Å². The van der Waals surface area contributed by atoms with Crippen LogP contribution in [-0.4, -0.2) is 36.4 Å². The summed E-state index contributed by atoms with van der Waals surface area (Å²) in [6, 6.07) is 9.87. The number of carbonyl (C=O) groups excluding carboxylic acids is 1. The molecule has 0 aliphatic carbocycles. The second kappa shape index (κ2) is 8.09. The molecule has 0 radical (unpaired) electrons. The van der Waals surface area contributed by atoms with Gasteiger partial charge >= 0.3 is 0 Å². The molecule has 3 nitrogen and oxygen atoms in total. The van der Waals surface area contributed by atoms with Crippen LogP contribution in [0.3, 0.4) is 0 Å². The molecule has 0 saturated heterocycles. The highest BCUT2D eigenvalue weighted by Crippen LogP contribution is 2.05. The maximum absolute atomic E-state index is 11.8. The average molecular weight is 256 g/mol. The first-order valence-corrected chi connectivity index (χ1v) is 6.26. The van der Waals surface area contributed by atoms with E-state index in [1.54, 1.807) is 4.90 Å². The molecule has 0 heterocycles. The van der Waals surface area contributed by atoms with Crippen molar-refractivity contribution in [3.8, 4) is 0 Å². The summed E-state index contributed by atoms with van der Waals surface area (Å²) in [5, 5.41) is 0. The van der Waals surface area contributed by atoms with Gasteiger partial charge in [0.1, 0.15) is 6.61 Å². The van der Waals surface area contributed by atoms with Gasteiger partial charge in [-0.2, -0.15) is 0 Å². The zero-order chi connectivity index (χ0) is 12.5. The third-order valence-electron chi connectivity index (χ3n) is 2.35. The highest BCUT2D eigenvalue weighted by Gasteiger charge is 2.12. The summed E-state index contributed by atoms with van der Waals surface area (Å²) in [5.41, 5.74) is 1.10. The average Bonchev–Trinajstić information content (AvgIpc) is 2.36. The van der Waals surface area contributed by atoms with Crippen LogP contribution in [0.5, 0.6) is 0 Å². The Labute approximate surface area is 107 Å². The predicted molar refractivity (Wildman–Crippen MR) is 69.1 cm³/mol. The van der Waals surface area contributed by atoms with Gasteiger partial charge in [-0.15, -0.1) is 11.6 Å². The number of rotatable bonds is 7. The molecule has 1 aromatic carbocycles. The second-order valence-corrected chi connectivity index (χ2v) is 4.00. The molecule has 0 spiro atoms. The van der Waals surface area contributed by atoms with Crippen LogP contribution in [0.25, 0.3) is 0 Å². The van der Waals surface area contributed by atoms with Crippen LogP contribution < -0.4 is 0 Å². The number of amides is 1. The molecule has 1 aromatic rings. The standard InChI is InChI=1S/C13H18ClNO2/c1-2-17-11-13(16)15(9-8-14)10-12-6-4-3-5-7-12/h3-7H,2,8-11H2,1H3. The lowest BCUT2D eigenvalue weighted by Gasteiger charge is -2.21. The van der Waals surface area contributed by atoms with Crippen LogP contribution in [0.15, 0.2) is 30.3 Å². The van der Waals surface area contributed by atoms with E-state index in [1.165, 1.54) is 0 Å². The molecule has 0 aliphatic heterocycles. The fourth-order valence-electron chi connectivity index (χ4n) is 1.48. The Morgan fingerprint density at radius 2 is 2.06 bits per heavy atom. The molecule has 17 heavy (non-hydrogen) atoms. The lowest BCUT2D eigenvalue weighted by molar-refractivity contribution is -0.136. The third-order valence-corrected chi connectivity index (χ3v) is 2.52. The Hall–Kier alpha value is -1.06. The van der Waals surface area contributed by atoms with Gasteiger partial charge in [-0.25, -0.2) is 0 Å². The van der Waals surface area contributed by atoms with Gasteiger partial charge in [-0.3, -0.25) is 4.79 Å². The Morgan fingerprint density at radius 3 is 2.65 bits per heavy atom. The van der Waals surface area contributed by atoms with E-state index in [4.69, 9.17) is 16.3 Å². The molecule has 0 aliphatic rings. The van der Waals surface area contributed by atoms with E-state index >= 15 is 0 Å². The SMILES string of the molecule is CCOCC(=O)N(CCCl)Cc1ccccc1. The van der Waals surface area contributed by atoms with Gasteiger partial charge in [0.2, 0.25) is 5.91 Å². The van der Waals surface area contributed by atoms with Crippen LogP contribution in [-0.2, 0) is 16.1 Å². The lowest BCUT2D eigenvalue weighted by Crippen LogP contribution is -2.35. The van der Waals surface area contributed by atoms with Crippen molar-refractivity contribution in [2.45, 2.75) is 13.5 Å². The largest absolute Gasteiger partial charge is 0.372 e. The van der Waals surface area contributed by atoms with Gasteiger partial charge in [0, 0.05) is 25.6 Å². The summed E-state index contributed by atoms with van der Waals surface area (Å²) in [7, 11) is 0. The van der Waals surface area contributed by atoms with Gasteiger partial charge in [-0.05, 0) is 12.5 Å². The molecule has 1 rings (SSSR count). The van der Waals surface area contributed by atoms with Crippen molar-refractivity contribution in [2.75, 3.05) is 25.6 Å². The number of alkyl halides is 1. The smallest absolute Gasteiger partial charge is 0.248 e. The second-order valence-electron chi connectivity index (χ2n) is 3.63. The van der Waals surface area contributed by atoms with Crippen LogP contribution in [0.4, 0.5) is 0 Å². The van der Waals surface area contributed by atoms with Crippen molar-refractivity contribution >= 4 is 17.5 Å². The Balaban J connectivity index is 2.56. The Kier molecular flexibility index (Phi) is 6.67. The lowest BCUT2D eigenvalue weighted by atomic mass is 10.2. The summed E-state index contributed by atoms with van der Waals surface area (Å²) in [6.07, 6.45) is 0. The topological polar surface area (TPSA) is 29.5 Å². The van der Waals surface area contributed by atoms with Gasteiger partial charge < -0.3 is 9.64 Å². The molecule has 0 aromatic heterocycles. The molecule has 94 valence electrons. The van der Waals surface area contributed by atoms with E-state index in [9.17, 15) is 4.79 Å². The van der Waals surface area contributed by atoms with Crippen molar-refractivity contribution < 1.29 is 9.53 Å². The molecule has 0 N–H and O–H groups in total. The minimum absolute atomic E-state index is 0.0173. The van der Waals surface area contributed by atoms with Crippen molar-refractivity contribution in [2.24, 2.45) is 0 Å². The molecule has 1 amide bonds. The molecule has 0 unspecified atom stereocenters. The monoisotopic (exact) mass is 255 g/mol. The summed E-state index contributed by atoms with van der Waals surface area (Å²) in [5.74, 6) is 0.418. The van der Waals surface area contributed by atoms with E-state index in [0.717, 1.165) is 5.56 Å². The van der Waals surface area contributed by atoms with Crippen molar-refractivity contribution in [1.82, 2.24) is 4.90 Å². The summed E-state index contributed by atoms with van der Waals surface area (Å²) in [4.78, 5) is 13.6. The van der Waals surface area contributed by atoms with Crippen LogP contribution in [0.2, 0.25) is 0 Å². The molecule has 0 atom stereocenters. The highest BCUT2D eigenvalue weighted by molar-refractivity contribution is 6.18. The zero-order valence-electron chi connectivity index (χ0n) is 10.1. The van der Waals surface area contributed by atoms with Crippen LogP contribution in [0.1, 0.15) is 12.5 Å². The highest BCUT2D eigenvalue weighted by atomic mass is 35.5. The fraction of sp³-hybridized carbons (Fsp3) is 0.462. The molecular weight excluding hydrogens is 238 g/mol. The summed E-state index contributed by atoms with van der Waals surface area (Å²) in [6.45, 7) is 3.67. The minimum atomic E-state index is -0.0173. The van der Waals surface area contributed by atoms with E-state index < -0.39 is 0 Å². The first kappa shape index (κ1) is 14.0. The van der Waals surface area contributed by atoms with E-state index in [1.807, 2.05) is 37.3 Å². The maximum atomic E-state index is 11.8. The summed E-state index contributed by atoms with van der Waals surface area (Å²) >= 11 is 5.71. The van der Waals surface area contributed by atoms with Crippen LogP contribution >= 0.6 is 11.6 Å². The molecule has 4 heteroatoms. The number of halogens is 1. The van der Waals surface area contributed by atoms with E-state index in [-0.39, 0.29) is 12.5 Å². The molecule has 0 fully saturated rings. The fourth-order valence-corrected chi connectivity index (χ4v) is 1.68. The molecular formula is C13H18ClNO2. The van der Waals surface area contributed by atoms with E-state index in [2.05, 4.69) is 0 Å². The van der Waals surface area contributed by atoms with Crippen LogP contribution in [0, 0.1) is 0 Å². The minimum Gasteiger partial charge on any atom is -0.372 e. The number of hydrogen-bond acceptors (Lipinski definition) is 2. The first-order valence-electron chi connectivity index (χ1n) is 5.73. The number of nitrogens with zero attached hydrogens (tertiary/aromatic N) is 1. The van der Waals surface area contributed by atoms with Crippen molar-refractivity contribution in [3.63, 3.8) is 0 Å². The predicted octanol–water partition coefficient (Wildman–Crippen LogP) is 2.29. The van der Waals surface area contributed by atoms with Gasteiger partial charge in [-0.1, -0.05) is 30.3 Å². The Morgan fingerprint density at radius 1 is 1.35 bits per heavy atom. The van der Waals surface area contributed by atoms with Gasteiger partial charge in [0.25, 0.3) is 0 Å².